The molecule has 2 fully saturated rings. The van der Waals surface area contributed by atoms with E-state index in [4.69, 9.17) is 9.47 Å². The third-order valence-corrected chi connectivity index (χ3v) is 4.56. The number of piperidine rings is 1. The summed E-state index contributed by atoms with van der Waals surface area (Å²) in [5.74, 6) is 0.206. The molecule has 5 nitrogen and oxygen atoms in total. The smallest absolute Gasteiger partial charge is 0.410 e. The van der Waals surface area contributed by atoms with Crippen molar-refractivity contribution in [2.45, 2.75) is 45.6 Å². The lowest BCUT2D eigenvalue weighted by atomic mass is 9.66. The number of likely N-dealkylation sites (tertiary alicyclic amines) is 1. The van der Waals surface area contributed by atoms with Crippen LogP contribution in [0.2, 0.25) is 0 Å². The molecule has 1 N–H and O–H groups in total. The Morgan fingerprint density at radius 2 is 2.00 bits per heavy atom. The summed E-state index contributed by atoms with van der Waals surface area (Å²) < 4.78 is 10.9. The third-order valence-electron chi connectivity index (χ3n) is 4.56. The molecule has 2 saturated heterocycles. The second kappa shape index (κ2) is 5.90. The van der Waals surface area contributed by atoms with Crippen molar-refractivity contribution in [1.29, 1.82) is 0 Å². The van der Waals surface area contributed by atoms with Gasteiger partial charge in [0.15, 0.2) is 0 Å². The van der Waals surface area contributed by atoms with Crippen molar-refractivity contribution in [2.24, 2.45) is 11.3 Å². The van der Waals surface area contributed by atoms with E-state index in [2.05, 4.69) is 0 Å². The van der Waals surface area contributed by atoms with Crippen molar-refractivity contribution < 1.29 is 19.4 Å². The average molecular weight is 285 g/mol. The summed E-state index contributed by atoms with van der Waals surface area (Å²) in [6.07, 6.45) is 2.63. The zero-order chi connectivity index (χ0) is 14.8. The molecule has 0 aliphatic carbocycles. The first-order valence-electron chi connectivity index (χ1n) is 7.53. The highest BCUT2D eigenvalue weighted by molar-refractivity contribution is 5.68. The first-order chi connectivity index (χ1) is 9.36. The molecule has 0 aromatic carbocycles. The summed E-state index contributed by atoms with van der Waals surface area (Å²) in [4.78, 5) is 13.9. The third kappa shape index (κ3) is 3.44. The number of carbonyl (C=O) groups is 1. The molecule has 1 atom stereocenters. The van der Waals surface area contributed by atoms with Crippen LogP contribution in [-0.2, 0) is 9.47 Å². The number of amides is 1. The van der Waals surface area contributed by atoms with E-state index in [1.807, 2.05) is 20.8 Å². The topological polar surface area (TPSA) is 59.0 Å². The maximum Gasteiger partial charge on any atom is 0.410 e. The quantitative estimate of drug-likeness (QED) is 0.801. The molecule has 116 valence electrons. The number of ether oxygens (including phenoxy) is 2. The van der Waals surface area contributed by atoms with Crippen molar-refractivity contribution in [2.75, 3.05) is 32.9 Å². The molecule has 1 spiro atoms. The van der Waals surface area contributed by atoms with Gasteiger partial charge in [-0.25, -0.2) is 4.79 Å². The Morgan fingerprint density at radius 3 is 2.55 bits per heavy atom. The van der Waals surface area contributed by atoms with Crippen LogP contribution < -0.4 is 0 Å². The molecule has 2 aliphatic rings. The average Bonchev–Trinajstić information content (AvgIpc) is 2.38. The monoisotopic (exact) mass is 285 g/mol. The van der Waals surface area contributed by atoms with Crippen molar-refractivity contribution in [3.8, 4) is 0 Å². The van der Waals surface area contributed by atoms with E-state index in [0.717, 1.165) is 25.9 Å². The zero-order valence-electron chi connectivity index (χ0n) is 12.9. The van der Waals surface area contributed by atoms with Crippen molar-refractivity contribution >= 4 is 6.09 Å². The standard InChI is InChI=1S/C15H27NO4/c1-14(2,3)20-13(18)16-7-4-15(5-8-16)6-9-19-11-12(15)10-17/h12,17H,4-11H2,1-3H3. The lowest BCUT2D eigenvalue weighted by Gasteiger charge is -2.48. The largest absolute Gasteiger partial charge is 0.444 e. The van der Waals surface area contributed by atoms with E-state index in [9.17, 15) is 9.90 Å². The minimum absolute atomic E-state index is 0.144. The highest BCUT2D eigenvalue weighted by atomic mass is 16.6. The molecular weight excluding hydrogens is 258 g/mol. The maximum atomic E-state index is 12.1. The molecule has 1 amide bonds. The first kappa shape index (κ1) is 15.6. The number of hydrogen-bond donors (Lipinski definition) is 1. The molecule has 0 radical (unpaired) electrons. The van der Waals surface area contributed by atoms with E-state index in [0.29, 0.717) is 19.7 Å². The van der Waals surface area contributed by atoms with Gasteiger partial charge in [0, 0.05) is 32.2 Å². The van der Waals surface area contributed by atoms with Gasteiger partial charge in [0.05, 0.1) is 6.61 Å². The minimum Gasteiger partial charge on any atom is -0.444 e. The Morgan fingerprint density at radius 1 is 1.35 bits per heavy atom. The van der Waals surface area contributed by atoms with Gasteiger partial charge >= 0.3 is 6.09 Å². The van der Waals surface area contributed by atoms with Gasteiger partial charge in [0.2, 0.25) is 0 Å². The molecular formula is C15H27NO4. The van der Waals surface area contributed by atoms with Gasteiger partial charge in [-0.2, -0.15) is 0 Å². The Hall–Kier alpha value is -0.810. The first-order valence-corrected chi connectivity index (χ1v) is 7.53. The predicted octanol–water partition coefficient (Wildman–Crippen LogP) is 2.03. The summed E-state index contributed by atoms with van der Waals surface area (Å²) in [6.45, 7) is 8.67. The molecule has 20 heavy (non-hydrogen) atoms. The lowest BCUT2D eigenvalue weighted by Crippen LogP contribution is -2.51. The SMILES string of the molecule is CC(C)(C)OC(=O)N1CCC2(CCOCC2CO)CC1. The van der Waals surface area contributed by atoms with E-state index in [1.54, 1.807) is 4.90 Å². The Kier molecular flexibility index (Phi) is 4.59. The van der Waals surface area contributed by atoms with Gasteiger partial charge in [-0.15, -0.1) is 0 Å². The van der Waals surface area contributed by atoms with Gasteiger partial charge in [0.1, 0.15) is 5.60 Å². The zero-order valence-corrected chi connectivity index (χ0v) is 12.9. The van der Waals surface area contributed by atoms with E-state index in [-0.39, 0.29) is 24.0 Å². The fraction of sp³-hybridized carbons (Fsp3) is 0.933. The molecule has 1 unspecified atom stereocenters. The second-order valence-electron chi connectivity index (χ2n) is 7.03. The highest BCUT2D eigenvalue weighted by Crippen LogP contribution is 2.44. The predicted molar refractivity (Wildman–Crippen MR) is 75.5 cm³/mol. The molecule has 0 saturated carbocycles. The summed E-state index contributed by atoms with van der Waals surface area (Å²) in [5, 5.41) is 9.55. The van der Waals surface area contributed by atoms with Crippen LogP contribution in [0.15, 0.2) is 0 Å². The number of aliphatic hydroxyl groups is 1. The van der Waals surface area contributed by atoms with Gasteiger partial charge in [0.25, 0.3) is 0 Å². The van der Waals surface area contributed by atoms with Gasteiger partial charge in [-0.05, 0) is 45.4 Å². The molecule has 0 bridgehead atoms. The van der Waals surface area contributed by atoms with Crippen LogP contribution in [0.1, 0.15) is 40.0 Å². The normalized spacial score (nSPS) is 26.6. The van der Waals surface area contributed by atoms with Gasteiger partial charge in [-0.3, -0.25) is 0 Å². The molecule has 2 aliphatic heterocycles. The Bertz CT molecular complexity index is 342. The fourth-order valence-electron chi connectivity index (χ4n) is 3.25. The van der Waals surface area contributed by atoms with Crippen LogP contribution in [0.5, 0.6) is 0 Å². The van der Waals surface area contributed by atoms with E-state index >= 15 is 0 Å². The van der Waals surface area contributed by atoms with Crippen LogP contribution in [0.25, 0.3) is 0 Å². The molecule has 2 heterocycles. The van der Waals surface area contributed by atoms with Crippen LogP contribution in [0.4, 0.5) is 4.79 Å². The minimum atomic E-state index is -0.446. The maximum absolute atomic E-state index is 12.1. The number of aliphatic hydroxyl groups excluding tert-OH is 1. The summed E-state index contributed by atoms with van der Waals surface area (Å²) in [7, 11) is 0. The van der Waals surface area contributed by atoms with Crippen LogP contribution in [-0.4, -0.2) is 54.6 Å². The lowest BCUT2D eigenvalue weighted by molar-refractivity contribution is -0.0891. The van der Waals surface area contributed by atoms with Crippen LogP contribution >= 0.6 is 0 Å². The highest BCUT2D eigenvalue weighted by Gasteiger charge is 2.44. The Balaban J connectivity index is 1.92. The van der Waals surface area contributed by atoms with Crippen LogP contribution in [0.3, 0.4) is 0 Å². The van der Waals surface area contributed by atoms with Gasteiger partial charge in [-0.1, -0.05) is 0 Å². The molecule has 2 rings (SSSR count). The van der Waals surface area contributed by atoms with Crippen molar-refractivity contribution in [3.63, 3.8) is 0 Å². The number of hydrogen-bond acceptors (Lipinski definition) is 4. The second-order valence-corrected chi connectivity index (χ2v) is 7.03. The van der Waals surface area contributed by atoms with E-state index in [1.165, 1.54) is 0 Å². The summed E-state index contributed by atoms with van der Waals surface area (Å²) >= 11 is 0. The van der Waals surface area contributed by atoms with Crippen molar-refractivity contribution in [1.82, 2.24) is 4.90 Å². The number of nitrogens with zero attached hydrogens (tertiary/aromatic N) is 1. The van der Waals surface area contributed by atoms with Gasteiger partial charge < -0.3 is 19.5 Å². The summed E-state index contributed by atoms with van der Waals surface area (Å²) in [5.41, 5.74) is -0.302. The summed E-state index contributed by atoms with van der Waals surface area (Å²) in [6, 6.07) is 0. The van der Waals surface area contributed by atoms with E-state index < -0.39 is 5.60 Å². The Labute approximate surface area is 121 Å². The van der Waals surface area contributed by atoms with Crippen LogP contribution in [0, 0.1) is 11.3 Å². The fourth-order valence-corrected chi connectivity index (χ4v) is 3.25. The molecule has 0 aromatic rings. The van der Waals surface area contributed by atoms with Crippen molar-refractivity contribution in [3.05, 3.63) is 0 Å². The number of rotatable bonds is 1. The number of carbonyl (C=O) groups excluding carboxylic acids is 1. The molecule has 0 aromatic heterocycles. The molecule has 5 heteroatoms.